The van der Waals surface area contributed by atoms with Crippen LogP contribution in [0.1, 0.15) is 27.2 Å². The van der Waals surface area contributed by atoms with Crippen molar-refractivity contribution in [3.63, 3.8) is 0 Å². The van der Waals surface area contributed by atoms with Crippen molar-refractivity contribution in [1.29, 1.82) is 0 Å². The fourth-order valence-corrected chi connectivity index (χ4v) is 2.12. The van der Waals surface area contributed by atoms with Crippen molar-refractivity contribution in [2.45, 2.75) is 27.2 Å². The van der Waals surface area contributed by atoms with Crippen LogP contribution in [0.25, 0.3) is 0 Å². The number of nitrogens with zero attached hydrogens (tertiary/aromatic N) is 1. The Morgan fingerprint density at radius 2 is 2.00 bits per heavy atom. The quantitative estimate of drug-likeness (QED) is 0.390. The van der Waals surface area contributed by atoms with Gasteiger partial charge in [0.2, 0.25) is 0 Å². The summed E-state index contributed by atoms with van der Waals surface area (Å²) >= 11 is 0. The average molecular weight is 185 g/mol. The minimum Gasteiger partial charge on any atom is -0.481 e. The molecule has 2 atom stereocenters. The molecule has 0 bridgehead atoms. The van der Waals surface area contributed by atoms with Crippen LogP contribution in [0, 0.1) is 17.3 Å². The molecular formula is C9H15NO3. The Morgan fingerprint density at radius 1 is 1.46 bits per heavy atom. The molecule has 0 saturated heterocycles. The van der Waals surface area contributed by atoms with E-state index in [1.54, 1.807) is 6.92 Å². The van der Waals surface area contributed by atoms with E-state index in [2.05, 4.69) is 5.16 Å². The maximum atomic E-state index is 10.8. The highest BCUT2D eigenvalue weighted by atomic mass is 16.4. The second-order valence-electron chi connectivity index (χ2n) is 4.24. The third kappa shape index (κ3) is 1.41. The van der Waals surface area contributed by atoms with Crippen molar-refractivity contribution in [2.75, 3.05) is 0 Å². The van der Waals surface area contributed by atoms with Crippen LogP contribution in [0.2, 0.25) is 0 Å². The molecule has 0 aromatic rings. The van der Waals surface area contributed by atoms with E-state index in [0.717, 1.165) is 0 Å². The molecule has 0 amide bonds. The minimum atomic E-state index is -0.757. The number of aliphatic carboxylic acids is 1. The fraction of sp³-hybridized carbons (Fsp3) is 0.778. The molecule has 1 aliphatic carbocycles. The zero-order chi connectivity index (χ0) is 10.2. The molecule has 4 nitrogen and oxygen atoms in total. The highest BCUT2D eigenvalue weighted by molar-refractivity contribution is 5.88. The zero-order valence-corrected chi connectivity index (χ0v) is 8.11. The summed E-state index contributed by atoms with van der Waals surface area (Å²) in [7, 11) is 0. The summed E-state index contributed by atoms with van der Waals surface area (Å²) in [6.07, 6.45) is 0.582. The number of hydrogen-bond donors (Lipinski definition) is 2. The highest BCUT2D eigenvalue weighted by Crippen LogP contribution is 2.51. The van der Waals surface area contributed by atoms with Crippen molar-refractivity contribution in [2.24, 2.45) is 22.4 Å². The van der Waals surface area contributed by atoms with Crippen LogP contribution in [-0.2, 0) is 4.79 Å². The average Bonchev–Trinajstić information content (AvgIpc) is 2.01. The van der Waals surface area contributed by atoms with E-state index in [1.807, 2.05) is 13.8 Å². The molecule has 0 aliphatic heterocycles. The Morgan fingerprint density at radius 3 is 2.31 bits per heavy atom. The van der Waals surface area contributed by atoms with E-state index in [0.29, 0.717) is 12.1 Å². The topological polar surface area (TPSA) is 69.9 Å². The molecule has 0 aromatic heterocycles. The Bertz CT molecular complexity index is 258. The Balaban J connectivity index is 2.75. The predicted octanol–water partition coefficient (Wildman–Crippen LogP) is 1.58. The van der Waals surface area contributed by atoms with Crippen LogP contribution in [-0.4, -0.2) is 22.0 Å². The van der Waals surface area contributed by atoms with E-state index >= 15 is 0 Å². The normalized spacial score (nSPS) is 32.4. The lowest BCUT2D eigenvalue weighted by atomic mass is 9.53. The second kappa shape index (κ2) is 3.01. The molecule has 13 heavy (non-hydrogen) atoms. The lowest BCUT2D eigenvalue weighted by Crippen LogP contribution is -2.51. The second-order valence-corrected chi connectivity index (χ2v) is 4.24. The summed E-state index contributed by atoms with van der Waals surface area (Å²) in [4.78, 5) is 10.8. The number of oxime groups is 1. The van der Waals surface area contributed by atoms with Gasteiger partial charge in [0.1, 0.15) is 0 Å². The van der Waals surface area contributed by atoms with Gasteiger partial charge in [0.05, 0.1) is 11.6 Å². The first-order chi connectivity index (χ1) is 5.91. The molecule has 0 spiro atoms. The van der Waals surface area contributed by atoms with Gasteiger partial charge in [0, 0.05) is 5.92 Å². The first kappa shape index (κ1) is 10.0. The van der Waals surface area contributed by atoms with Gasteiger partial charge < -0.3 is 10.3 Å². The van der Waals surface area contributed by atoms with Crippen LogP contribution < -0.4 is 0 Å². The van der Waals surface area contributed by atoms with E-state index in [4.69, 9.17) is 10.3 Å². The molecule has 0 heterocycles. The van der Waals surface area contributed by atoms with Gasteiger partial charge in [-0.05, 0) is 18.8 Å². The first-order valence-electron chi connectivity index (χ1n) is 4.32. The molecule has 1 fully saturated rings. The standard InChI is InChI=1S/C9H15NO3/c1-5(10-13)6-4-7(8(11)12)9(6,2)3/h6-7,13H,4H2,1-3H3,(H,11,12)/t6-,7+/m0/s1. The Kier molecular flexibility index (Phi) is 2.32. The van der Waals surface area contributed by atoms with Gasteiger partial charge >= 0.3 is 5.97 Å². The summed E-state index contributed by atoms with van der Waals surface area (Å²) in [6.45, 7) is 5.52. The molecule has 0 radical (unpaired) electrons. The summed E-state index contributed by atoms with van der Waals surface area (Å²) in [5.74, 6) is -0.972. The first-order valence-corrected chi connectivity index (χ1v) is 4.32. The van der Waals surface area contributed by atoms with Crippen molar-refractivity contribution in [1.82, 2.24) is 0 Å². The monoisotopic (exact) mass is 185 g/mol. The molecule has 1 saturated carbocycles. The predicted molar refractivity (Wildman–Crippen MR) is 47.9 cm³/mol. The van der Waals surface area contributed by atoms with Crippen molar-refractivity contribution < 1.29 is 15.1 Å². The number of carboxylic acid groups (broad SMARTS) is 1. The Labute approximate surface area is 77.3 Å². The van der Waals surface area contributed by atoms with Crippen molar-refractivity contribution >= 4 is 11.7 Å². The molecular weight excluding hydrogens is 170 g/mol. The van der Waals surface area contributed by atoms with Crippen LogP contribution >= 0.6 is 0 Å². The van der Waals surface area contributed by atoms with Crippen LogP contribution in [0.5, 0.6) is 0 Å². The van der Waals surface area contributed by atoms with Crippen LogP contribution in [0.4, 0.5) is 0 Å². The largest absolute Gasteiger partial charge is 0.481 e. The highest BCUT2D eigenvalue weighted by Gasteiger charge is 2.53. The van der Waals surface area contributed by atoms with E-state index in [9.17, 15) is 4.79 Å². The Hall–Kier alpha value is -1.06. The van der Waals surface area contributed by atoms with Gasteiger partial charge in [0.15, 0.2) is 0 Å². The fourth-order valence-electron chi connectivity index (χ4n) is 2.12. The number of rotatable bonds is 2. The molecule has 2 N–H and O–H groups in total. The van der Waals surface area contributed by atoms with Gasteiger partial charge in [0.25, 0.3) is 0 Å². The maximum Gasteiger partial charge on any atom is 0.307 e. The lowest BCUT2D eigenvalue weighted by Gasteiger charge is -2.49. The molecule has 74 valence electrons. The molecule has 1 rings (SSSR count). The van der Waals surface area contributed by atoms with Crippen molar-refractivity contribution in [3.05, 3.63) is 0 Å². The van der Waals surface area contributed by atoms with Gasteiger partial charge in [-0.25, -0.2) is 0 Å². The van der Waals surface area contributed by atoms with Gasteiger partial charge in [-0.15, -0.1) is 0 Å². The van der Waals surface area contributed by atoms with Gasteiger partial charge in [-0.3, -0.25) is 4.79 Å². The van der Waals surface area contributed by atoms with E-state index in [-0.39, 0.29) is 17.3 Å². The smallest absolute Gasteiger partial charge is 0.307 e. The van der Waals surface area contributed by atoms with Crippen molar-refractivity contribution in [3.8, 4) is 0 Å². The summed E-state index contributed by atoms with van der Waals surface area (Å²) in [6, 6.07) is 0. The molecule has 4 heteroatoms. The third-order valence-electron chi connectivity index (χ3n) is 3.23. The van der Waals surface area contributed by atoms with E-state index in [1.165, 1.54) is 0 Å². The lowest BCUT2D eigenvalue weighted by molar-refractivity contribution is -0.155. The van der Waals surface area contributed by atoms with Gasteiger partial charge in [-0.2, -0.15) is 0 Å². The number of carbonyl (C=O) groups is 1. The summed E-state index contributed by atoms with van der Waals surface area (Å²) < 4.78 is 0. The minimum absolute atomic E-state index is 0.0959. The summed E-state index contributed by atoms with van der Waals surface area (Å²) in [5, 5.41) is 20.5. The zero-order valence-electron chi connectivity index (χ0n) is 8.11. The van der Waals surface area contributed by atoms with Gasteiger partial charge in [-0.1, -0.05) is 19.0 Å². The third-order valence-corrected chi connectivity index (χ3v) is 3.23. The SMILES string of the molecule is CC(=NO)[C@@H]1C[C@H](C(=O)O)C1(C)C. The molecule has 0 unspecified atom stereocenters. The molecule has 1 aliphatic rings. The number of carboxylic acids is 1. The van der Waals surface area contributed by atoms with E-state index < -0.39 is 5.97 Å². The number of hydrogen-bond acceptors (Lipinski definition) is 3. The molecule has 0 aromatic carbocycles. The maximum absolute atomic E-state index is 10.8. The summed E-state index contributed by atoms with van der Waals surface area (Å²) in [5.41, 5.74) is 0.338. The van der Waals surface area contributed by atoms with Crippen LogP contribution in [0.3, 0.4) is 0 Å². The van der Waals surface area contributed by atoms with Crippen LogP contribution in [0.15, 0.2) is 5.16 Å².